The van der Waals surface area contributed by atoms with E-state index in [1.54, 1.807) is 6.08 Å². The van der Waals surface area contributed by atoms with Gasteiger partial charge in [0.05, 0.1) is 5.92 Å². The van der Waals surface area contributed by atoms with Gasteiger partial charge >= 0.3 is 12.1 Å². The molecule has 0 bridgehead atoms. The molecular formula is C12H17NO4. The Morgan fingerprint density at radius 3 is 2.76 bits per heavy atom. The Bertz CT molecular complexity index is 337. The van der Waals surface area contributed by atoms with E-state index in [2.05, 4.69) is 6.58 Å². The molecule has 0 saturated carbocycles. The highest BCUT2D eigenvalue weighted by Crippen LogP contribution is 2.25. The number of amides is 1. The fourth-order valence-electron chi connectivity index (χ4n) is 1.90. The van der Waals surface area contributed by atoms with E-state index in [-0.39, 0.29) is 19.1 Å². The first-order valence-electron chi connectivity index (χ1n) is 5.48. The lowest BCUT2D eigenvalue weighted by atomic mass is 9.96. The summed E-state index contributed by atoms with van der Waals surface area (Å²) >= 11 is 0. The molecule has 1 saturated heterocycles. The van der Waals surface area contributed by atoms with Crippen LogP contribution in [0.4, 0.5) is 4.79 Å². The summed E-state index contributed by atoms with van der Waals surface area (Å²) in [5.74, 6) is -1.58. The van der Waals surface area contributed by atoms with Crippen LogP contribution in [0.5, 0.6) is 0 Å². The van der Waals surface area contributed by atoms with Gasteiger partial charge in [-0.15, -0.1) is 0 Å². The number of carbonyl (C=O) groups is 2. The fraction of sp³-hybridized carbons (Fsp3) is 0.500. The summed E-state index contributed by atoms with van der Waals surface area (Å²) in [7, 11) is 0. The van der Waals surface area contributed by atoms with E-state index in [1.807, 2.05) is 13.0 Å². The molecule has 17 heavy (non-hydrogen) atoms. The molecule has 0 aromatic heterocycles. The number of hydrogen-bond donors (Lipinski definition) is 1. The number of carboxylic acid groups (broad SMARTS) is 1. The number of nitrogens with zero attached hydrogens (tertiary/aromatic N) is 1. The van der Waals surface area contributed by atoms with Gasteiger partial charge < -0.3 is 14.7 Å². The van der Waals surface area contributed by atoms with Gasteiger partial charge in [0.2, 0.25) is 0 Å². The van der Waals surface area contributed by atoms with Crippen LogP contribution in [-0.4, -0.2) is 41.8 Å². The second-order valence-corrected chi connectivity index (χ2v) is 3.90. The van der Waals surface area contributed by atoms with Crippen LogP contribution in [0.15, 0.2) is 24.8 Å². The summed E-state index contributed by atoms with van der Waals surface area (Å²) < 4.78 is 4.88. The molecule has 94 valence electrons. The van der Waals surface area contributed by atoms with Gasteiger partial charge in [-0.25, -0.2) is 4.79 Å². The van der Waals surface area contributed by atoms with Gasteiger partial charge in [-0.2, -0.15) is 0 Å². The van der Waals surface area contributed by atoms with E-state index in [9.17, 15) is 9.59 Å². The maximum Gasteiger partial charge on any atom is 0.410 e. The maximum absolute atomic E-state index is 11.6. The highest BCUT2D eigenvalue weighted by molar-refractivity contribution is 5.75. The molecule has 0 aromatic rings. The van der Waals surface area contributed by atoms with Gasteiger partial charge in [-0.1, -0.05) is 24.8 Å². The summed E-state index contributed by atoms with van der Waals surface area (Å²) in [5, 5.41) is 9.06. The van der Waals surface area contributed by atoms with Crippen LogP contribution >= 0.6 is 0 Å². The van der Waals surface area contributed by atoms with Crippen LogP contribution in [0.25, 0.3) is 0 Å². The molecule has 5 heteroatoms. The second-order valence-electron chi connectivity index (χ2n) is 3.90. The average molecular weight is 239 g/mol. The van der Waals surface area contributed by atoms with Crippen molar-refractivity contribution >= 4 is 12.1 Å². The van der Waals surface area contributed by atoms with Crippen LogP contribution in [0, 0.1) is 11.8 Å². The summed E-state index contributed by atoms with van der Waals surface area (Å²) in [6.07, 6.45) is 4.62. The van der Waals surface area contributed by atoms with Crippen molar-refractivity contribution in [2.45, 2.75) is 6.92 Å². The number of allylic oxidation sites excluding steroid dienone is 1. The molecule has 0 aromatic carbocycles. The van der Waals surface area contributed by atoms with Crippen LogP contribution in [-0.2, 0) is 9.53 Å². The molecule has 0 spiro atoms. The summed E-state index contributed by atoms with van der Waals surface area (Å²) in [4.78, 5) is 24.0. The summed E-state index contributed by atoms with van der Waals surface area (Å²) in [6.45, 7) is 6.00. The van der Waals surface area contributed by atoms with Gasteiger partial charge in [-0.05, 0) is 6.92 Å². The highest BCUT2D eigenvalue weighted by atomic mass is 16.6. The van der Waals surface area contributed by atoms with Crippen LogP contribution < -0.4 is 0 Å². The Morgan fingerprint density at radius 2 is 2.24 bits per heavy atom. The molecule has 1 rings (SSSR count). The van der Waals surface area contributed by atoms with Crippen molar-refractivity contribution in [3.8, 4) is 0 Å². The number of aliphatic carboxylic acids is 1. The first-order chi connectivity index (χ1) is 8.10. The SMILES string of the molecule is C=CCOC(=O)N1C[C@@H](/C=C/C)[C@H](C(=O)O)C1. The minimum Gasteiger partial charge on any atom is -0.481 e. The first kappa shape index (κ1) is 13.3. The lowest BCUT2D eigenvalue weighted by Gasteiger charge is -2.14. The highest BCUT2D eigenvalue weighted by Gasteiger charge is 2.38. The van der Waals surface area contributed by atoms with E-state index in [1.165, 1.54) is 11.0 Å². The predicted molar refractivity (Wildman–Crippen MR) is 62.5 cm³/mol. The molecule has 1 heterocycles. The zero-order valence-corrected chi connectivity index (χ0v) is 9.83. The number of hydrogen-bond acceptors (Lipinski definition) is 3. The summed E-state index contributed by atoms with van der Waals surface area (Å²) in [5.41, 5.74) is 0. The third kappa shape index (κ3) is 3.34. The maximum atomic E-state index is 11.6. The van der Waals surface area contributed by atoms with Crippen LogP contribution in [0.2, 0.25) is 0 Å². The van der Waals surface area contributed by atoms with Crippen molar-refractivity contribution in [3.63, 3.8) is 0 Å². The van der Waals surface area contributed by atoms with E-state index >= 15 is 0 Å². The molecule has 1 aliphatic heterocycles. The number of carbonyl (C=O) groups excluding carboxylic acids is 1. The third-order valence-electron chi connectivity index (χ3n) is 2.70. The standard InChI is InChI=1S/C12H17NO4/c1-3-5-9-7-13(8-10(9)11(14)15)12(16)17-6-4-2/h3-5,9-10H,2,6-8H2,1H3,(H,14,15)/b5-3+/t9-,10-/m1/s1. The lowest BCUT2D eigenvalue weighted by molar-refractivity contribution is -0.141. The number of rotatable bonds is 4. The zero-order chi connectivity index (χ0) is 12.8. The van der Waals surface area contributed by atoms with Crippen molar-refractivity contribution in [3.05, 3.63) is 24.8 Å². The molecule has 5 nitrogen and oxygen atoms in total. The minimum absolute atomic E-state index is 0.140. The second kappa shape index (κ2) is 6.08. The molecule has 1 fully saturated rings. The molecule has 0 radical (unpaired) electrons. The zero-order valence-electron chi connectivity index (χ0n) is 9.83. The fourth-order valence-corrected chi connectivity index (χ4v) is 1.90. The molecule has 1 N–H and O–H groups in total. The Kier molecular flexibility index (Phi) is 4.75. The van der Waals surface area contributed by atoms with Crippen molar-refractivity contribution < 1.29 is 19.4 Å². The molecule has 1 amide bonds. The van der Waals surface area contributed by atoms with Gasteiger partial charge in [0.25, 0.3) is 0 Å². The average Bonchev–Trinajstić information content (AvgIpc) is 2.70. The first-order valence-corrected chi connectivity index (χ1v) is 5.48. The van der Waals surface area contributed by atoms with Crippen molar-refractivity contribution in [2.75, 3.05) is 19.7 Å². The monoisotopic (exact) mass is 239 g/mol. The smallest absolute Gasteiger partial charge is 0.410 e. The van der Waals surface area contributed by atoms with Crippen LogP contribution in [0.1, 0.15) is 6.92 Å². The quantitative estimate of drug-likeness (QED) is 0.755. The van der Waals surface area contributed by atoms with E-state index < -0.39 is 18.0 Å². The Morgan fingerprint density at radius 1 is 1.53 bits per heavy atom. The van der Waals surface area contributed by atoms with E-state index in [0.29, 0.717) is 6.54 Å². The third-order valence-corrected chi connectivity index (χ3v) is 2.70. The summed E-state index contributed by atoms with van der Waals surface area (Å²) in [6, 6.07) is 0. The van der Waals surface area contributed by atoms with E-state index in [4.69, 9.17) is 9.84 Å². The topological polar surface area (TPSA) is 66.8 Å². The molecule has 0 aliphatic carbocycles. The molecule has 1 aliphatic rings. The Hall–Kier alpha value is -1.78. The van der Waals surface area contributed by atoms with Crippen molar-refractivity contribution in [2.24, 2.45) is 11.8 Å². The Labute approximate surface area is 100 Å². The number of ether oxygens (including phenoxy) is 1. The number of carboxylic acids is 1. The van der Waals surface area contributed by atoms with Gasteiger partial charge in [-0.3, -0.25) is 4.79 Å². The largest absolute Gasteiger partial charge is 0.481 e. The van der Waals surface area contributed by atoms with Crippen LogP contribution in [0.3, 0.4) is 0 Å². The van der Waals surface area contributed by atoms with E-state index in [0.717, 1.165) is 0 Å². The molecule has 2 atom stereocenters. The molecular weight excluding hydrogens is 222 g/mol. The van der Waals surface area contributed by atoms with Crippen molar-refractivity contribution in [1.82, 2.24) is 4.90 Å². The lowest BCUT2D eigenvalue weighted by Crippen LogP contribution is -2.30. The van der Waals surface area contributed by atoms with Gasteiger partial charge in [0.15, 0.2) is 0 Å². The van der Waals surface area contributed by atoms with Gasteiger partial charge in [0, 0.05) is 19.0 Å². The minimum atomic E-state index is -0.882. The normalized spacial score (nSPS) is 23.9. The van der Waals surface area contributed by atoms with Crippen molar-refractivity contribution in [1.29, 1.82) is 0 Å². The number of likely N-dealkylation sites (tertiary alicyclic amines) is 1. The molecule has 0 unspecified atom stereocenters. The Balaban J connectivity index is 2.64. The predicted octanol–water partition coefficient (Wildman–Crippen LogP) is 1.52. The van der Waals surface area contributed by atoms with Gasteiger partial charge in [0.1, 0.15) is 6.61 Å².